The molecule has 0 unspecified atom stereocenters. The number of carbonyl (C=O) groups is 1. The maximum Gasteiger partial charge on any atom is 0.267 e. The van der Waals surface area contributed by atoms with Crippen LogP contribution in [0, 0.1) is 13.8 Å². The van der Waals surface area contributed by atoms with Gasteiger partial charge in [-0.3, -0.25) is 9.59 Å². The molecule has 0 saturated carbocycles. The number of para-hydroxylation sites is 1. The molecule has 1 N–H and O–H groups in total. The van der Waals surface area contributed by atoms with Gasteiger partial charge in [-0.25, -0.2) is 4.68 Å². The van der Waals surface area contributed by atoms with Crippen LogP contribution < -0.4 is 10.9 Å². The van der Waals surface area contributed by atoms with E-state index in [9.17, 15) is 9.59 Å². The Bertz CT molecular complexity index is 907. The highest BCUT2D eigenvalue weighted by atomic mass is 16.3. The van der Waals surface area contributed by atoms with Gasteiger partial charge in [0, 0.05) is 11.8 Å². The molecule has 0 saturated heterocycles. The lowest BCUT2D eigenvalue weighted by Crippen LogP contribution is -2.29. The highest BCUT2D eigenvalue weighted by molar-refractivity contribution is 5.92. The SMILES string of the molecule is Cc1cccc(C)c1NC(=O)Cn1nc(-c2ccco2)ccc1=O. The number of nitrogens with one attached hydrogen (secondary N) is 1. The van der Waals surface area contributed by atoms with Crippen molar-refractivity contribution in [3.8, 4) is 11.5 Å². The lowest BCUT2D eigenvalue weighted by molar-refractivity contribution is -0.117. The van der Waals surface area contributed by atoms with E-state index in [0.717, 1.165) is 21.5 Å². The van der Waals surface area contributed by atoms with Gasteiger partial charge < -0.3 is 9.73 Å². The zero-order valence-electron chi connectivity index (χ0n) is 13.4. The number of carbonyl (C=O) groups excluding carboxylic acids is 1. The first-order valence-electron chi connectivity index (χ1n) is 7.53. The largest absolute Gasteiger partial charge is 0.463 e. The molecule has 3 aromatic rings. The maximum absolute atomic E-state index is 12.3. The van der Waals surface area contributed by atoms with Crippen molar-refractivity contribution in [2.75, 3.05) is 5.32 Å². The standard InChI is InChI=1S/C18H17N3O3/c1-12-5-3-6-13(2)18(12)19-16(22)11-21-17(23)9-8-14(20-21)15-7-4-10-24-15/h3-10H,11H2,1-2H3,(H,19,22). The minimum Gasteiger partial charge on any atom is -0.463 e. The molecule has 24 heavy (non-hydrogen) atoms. The Kier molecular flexibility index (Phi) is 4.29. The van der Waals surface area contributed by atoms with Crippen molar-refractivity contribution in [1.82, 2.24) is 9.78 Å². The molecule has 0 fully saturated rings. The number of anilines is 1. The van der Waals surface area contributed by atoms with E-state index < -0.39 is 0 Å². The number of rotatable bonds is 4. The number of furan rings is 1. The molecule has 3 rings (SSSR count). The van der Waals surface area contributed by atoms with Crippen LogP contribution in [-0.2, 0) is 11.3 Å². The first-order valence-corrected chi connectivity index (χ1v) is 7.53. The second kappa shape index (κ2) is 6.54. The van der Waals surface area contributed by atoms with Crippen LogP contribution in [0.1, 0.15) is 11.1 Å². The Balaban J connectivity index is 1.82. The van der Waals surface area contributed by atoms with Gasteiger partial charge in [0.25, 0.3) is 5.56 Å². The number of aryl methyl sites for hydroxylation is 2. The third-order valence-electron chi connectivity index (χ3n) is 3.68. The summed E-state index contributed by atoms with van der Waals surface area (Å²) in [6.45, 7) is 3.68. The first kappa shape index (κ1) is 15.7. The van der Waals surface area contributed by atoms with E-state index in [1.165, 1.54) is 12.3 Å². The van der Waals surface area contributed by atoms with E-state index in [4.69, 9.17) is 4.42 Å². The van der Waals surface area contributed by atoms with Crippen LogP contribution in [0.25, 0.3) is 11.5 Å². The zero-order valence-corrected chi connectivity index (χ0v) is 13.4. The summed E-state index contributed by atoms with van der Waals surface area (Å²) < 4.78 is 6.39. The Labute approximate surface area is 138 Å². The fraction of sp³-hybridized carbons (Fsp3) is 0.167. The van der Waals surface area contributed by atoms with E-state index in [1.807, 2.05) is 32.0 Å². The summed E-state index contributed by atoms with van der Waals surface area (Å²) in [6, 6.07) is 12.2. The van der Waals surface area contributed by atoms with E-state index in [0.29, 0.717) is 11.5 Å². The summed E-state index contributed by atoms with van der Waals surface area (Å²) in [5.74, 6) is 0.234. The smallest absolute Gasteiger partial charge is 0.267 e. The van der Waals surface area contributed by atoms with Crippen molar-refractivity contribution in [2.24, 2.45) is 0 Å². The Morgan fingerprint density at radius 1 is 1.12 bits per heavy atom. The summed E-state index contributed by atoms with van der Waals surface area (Å²) in [7, 11) is 0. The third kappa shape index (κ3) is 3.27. The minimum absolute atomic E-state index is 0.166. The number of benzene rings is 1. The van der Waals surface area contributed by atoms with Crippen LogP contribution in [-0.4, -0.2) is 15.7 Å². The summed E-state index contributed by atoms with van der Waals surface area (Å²) in [5, 5.41) is 7.04. The molecule has 0 aliphatic rings. The second-order valence-electron chi connectivity index (χ2n) is 5.51. The first-order chi connectivity index (χ1) is 11.5. The van der Waals surface area contributed by atoms with Gasteiger partial charge in [0.15, 0.2) is 5.76 Å². The molecule has 0 radical (unpaired) electrons. The average Bonchev–Trinajstić information content (AvgIpc) is 3.08. The molecule has 122 valence electrons. The van der Waals surface area contributed by atoms with Crippen LogP contribution in [0.2, 0.25) is 0 Å². The van der Waals surface area contributed by atoms with Crippen molar-refractivity contribution in [1.29, 1.82) is 0 Å². The van der Waals surface area contributed by atoms with Crippen molar-refractivity contribution in [3.05, 3.63) is 70.2 Å². The van der Waals surface area contributed by atoms with Crippen LogP contribution in [0.3, 0.4) is 0 Å². The molecule has 6 heteroatoms. The molecule has 1 aromatic carbocycles. The molecule has 6 nitrogen and oxygen atoms in total. The van der Waals surface area contributed by atoms with Crippen LogP contribution in [0.15, 0.2) is 57.9 Å². The van der Waals surface area contributed by atoms with Gasteiger partial charge >= 0.3 is 0 Å². The summed E-state index contributed by atoms with van der Waals surface area (Å²) in [4.78, 5) is 24.3. The highest BCUT2D eigenvalue weighted by Crippen LogP contribution is 2.19. The number of hydrogen-bond donors (Lipinski definition) is 1. The quantitative estimate of drug-likeness (QED) is 0.801. The van der Waals surface area contributed by atoms with Crippen molar-refractivity contribution >= 4 is 11.6 Å². The summed E-state index contributed by atoms with van der Waals surface area (Å²) >= 11 is 0. The molecule has 1 amide bonds. The predicted octanol–water partition coefficient (Wildman–Crippen LogP) is 2.76. The molecule has 0 aliphatic carbocycles. The van der Waals surface area contributed by atoms with Crippen molar-refractivity contribution < 1.29 is 9.21 Å². The van der Waals surface area contributed by atoms with Crippen molar-refractivity contribution in [3.63, 3.8) is 0 Å². The van der Waals surface area contributed by atoms with Crippen LogP contribution in [0.4, 0.5) is 5.69 Å². The molecule has 0 spiro atoms. The monoisotopic (exact) mass is 323 g/mol. The Hall–Kier alpha value is -3.15. The molecule has 2 heterocycles. The highest BCUT2D eigenvalue weighted by Gasteiger charge is 2.11. The van der Waals surface area contributed by atoms with Gasteiger partial charge in [-0.1, -0.05) is 18.2 Å². The normalized spacial score (nSPS) is 10.6. The summed E-state index contributed by atoms with van der Waals surface area (Å²) in [5.41, 5.74) is 2.85. The number of amides is 1. The van der Waals surface area contributed by atoms with Crippen molar-refractivity contribution in [2.45, 2.75) is 20.4 Å². The van der Waals surface area contributed by atoms with Gasteiger partial charge in [0.05, 0.1) is 6.26 Å². The number of hydrogen-bond acceptors (Lipinski definition) is 4. The molecular weight excluding hydrogens is 306 g/mol. The van der Waals surface area contributed by atoms with Gasteiger partial charge in [-0.15, -0.1) is 0 Å². The van der Waals surface area contributed by atoms with E-state index in [2.05, 4.69) is 10.4 Å². The van der Waals surface area contributed by atoms with Gasteiger partial charge in [-0.05, 0) is 43.2 Å². The average molecular weight is 323 g/mol. The lowest BCUT2D eigenvalue weighted by Gasteiger charge is -2.12. The fourth-order valence-corrected chi connectivity index (χ4v) is 2.44. The van der Waals surface area contributed by atoms with E-state index >= 15 is 0 Å². The van der Waals surface area contributed by atoms with E-state index in [-0.39, 0.29) is 18.0 Å². The molecule has 0 bridgehead atoms. The second-order valence-corrected chi connectivity index (χ2v) is 5.51. The predicted molar refractivity (Wildman–Crippen MR) is 90.7 cm³/mol. The van der Waals surface area contributed by atoms with Gasteiger partial charge in [0.2, 0.25) is 5.91 Å². The maximum atomic E-state index is 12.3. The number of aromatic nitrogens is 2. The molecule has 0 atom stereocenters. The molecular formula is C18H17N3O3. The topological polar surface area (TPSA) is 77.1 Å². The van der Waals surface area contributed by atoms with Gasteiger partial charge in [-0.2, -0.15) is 5.10 Å². The summed E-state index contributed by atoms with van der Waals surface area (Å²) in [6.07, 6.45) is 1.53. The minimum atomic E-state index is -0.345. The zero-order chi connectivity index (χ0) is 17.1. The Morgan fingerprint density at radius 2 is 1.88 bits per heavy atom. The fourth-order valence-electron chi connectivity index (χ4n) is 2.44. The molecule has 0 aliphatic heterocycles. The van der Waals surface area contributed by atoms with Crippen LogP contribution >= 0.6 is 0 Å². The lowest BCUT2D eigenvalue weighted by atomic mass is 10.1. The van der Waals surface area contributed by atoms with Gasteiger partial charge in [0.1, 0.15) is 12.2 Å². The van der Waals surface area contributed by atoms with Crippen LogP contribution in [0.5, 0.6) is 0 Å². The number of nitrogens with zero attached hydrogens (tertiary/aromatic N) is 2. The third-order valence-corrected chi connectivity index (χ3v) is 3.68. The van der Waals surface area contributed by atoms with E-state index in [1.54, 1.807) is 18.2 Å². The Morgan fingerprint density at radius 3 is 2.54 bits per heavy atom. The molecule has 2 aromatic heterocycles.